The Balaban J connectivity index is 1.54. The van der Waals surface area contributed by atoms with Crippen LogP contribution in [0.1, 0.15) is 49.7 Å². The molecule has 1 atom stereocenters. The van der Waals surface area contributed by atoms with Gasteiger partial charge < -0.3 is 14.2 Å². The third-order valence-corrected chi connectivity index (χ3v) is 5.61. The molecule has 32 heavy (non-hydrogen) atoms. The van der Waals surface area contributed by atoms with Crippen LogP contribution < -0.4 is 9.47 Å². The number of methoxy groups -OCH3 is 1. The van der Waals surface area contributed by atoms with Crippen LogP contribution in [0.15, 0.2) is 72.5 Å². The molecule has 5 rings (SSSR count). The first-order valence-electron chi connectivity index (χ1n) is 10.1. The lowest BCUT2D eigenvalue weighted by Gasteiger charge is -2.26. The Morgan fingerprint density at radius 3 is 2.44 bits per heavy atom. The number of rotatable bonds is 3. The van der Waals surface area contributed by atoms with Gasteiger partial charge in [-0.1, -0.05) is 42.5 Å². The van der Waals surface area contributed by atoms with E-state index in [1.807, 2.05) is 30.3 Å². The summed E-state index contributed by atoms with van der Waals surface area (Å²) >= 11 is 0. The fraction of sp³-hybridized carbons (Fsp3) is 0.115. The Labute approximate surface area is 184 Å². The summed E-state index contributed by atoms with van der Waals surface area (Å²) in [5.74, 6) is -0.271. The third kappa shape index (κ3) is 3.36. The molecule has 0 fully saturated rings. The molecule has 6 nitrogen and oxygen atoms in total. The maximum Gasteiger partial charge on any atom is 0.337 e. The van der Waals surface area contributed by atoms with E-state index in [0.717, 1.165) is 5.56 Å². The number of Topliss-reactive ketones (excluding diaryl/α,β-unsaturated/α-hetero) is 1. The summed E-state index contributed by atoms with van der Waals surface area (Å²) in [6.07, 6.45) is 1.79. The first kappa shape index (κ1) is 19.8. The molecule has 0 saturated heterocycles. The third-order valence-electron chi connectivity index (χ3n) is 5.61. The highest BCUT2D eigenvalue weighted by atomic mass is 16.5. The molecule has 2 heterocycles. The van der Waals surface area contributed by atoms with Crippen molar-refractivity contribution >= 4 is 23.8 Å². The minimum atomic E-state index is -0.432. The molecule has 3 aromatic carbocycles. The zero-order valence-electron chi connectivity index (χ0n) is 17.2. The number of allylic oxidation sites excluding steroid dienone is 1. The van der Waals surface area contributed by atoms with E-state index in [9.17, 15) is 14.4 Å². The predicted octanol–water partition coefficient (Wildman–Crippen LogP) is 4.53. The van der Waals surface area contributed by atoms with Gasteiger partial charge in [0.1, 0.15) is 11.5 Å². The smallest absolute Gasteiger partial charge is 0.337 e. The fourth-order valence-electron chi connectivity index (χ4n) is 4.06. The summed E-state index contributed by atoms with van der Waals surface area (Å²) in [6.45, 7) is 0. The van der Waals surface area contributed by atoms with Gasteiger partial charge >= 0.3 is 11.9 Å². The molecule has 2 aliphatic rings. The van der Waals surface area contributed by atoms with E-state index in [-0.39, 0.29) is 29.9 Å². The quantitative estimate of drug-likeness (QED) is 0.348. The van der Waals surface area contributed by atoms with Gasteiger partial charge in [-0.2, -0.15) is 0 Å². The van der Waals surface area contributed by atoms with Gasteiger partial charge in [-0.15, -0.1) is 0 Å². The summed E-state index contributed by atoms with van der Waals surface area (Å²) in [4.78, 5) is 36.9. The second-order valence-electron chi connectivity index (χ2n) is 7.55. The fourth-order valence-corrected chi connectivity index (χ4v) is 4.06. The van der Waals surface area contributed by atoms with Gasteiger partial charge in [0.15, 0.2) is 5.76 Å². The number of benzene rings is 3. The molecule has 0 bridgehead atoms. The predicted molar refractivity (Wildman–Crippen MR) is 116 cm³/mol. The number of fused-ring (bicyclic) bond motifs is 3. The summed E-state index contributed by atoms with van der Waals surface area (Å²) < 4.78 is 16.2. The van der Waals surface area contributed by atoms with Crippen LogP contribution >= 0.6 is 0 Å². The molecular formula is C26H18O6. The molecule has 0 unspecified atom stereocenters. The van der Waals surface area contributed by atoms with Crippen molar-refractivity contribution in [3.63, 3.8) is 0 Å². The van der Waals surface area contributed by atoms with E-state index < -0.39 is 5.97 Å². The number of ketones is 1. The molecular weight excluding hydrogens is 408 g/mol. The Morgan fingerprint density at radius 2 is 1.72 bits per heavy atom. The van der Waals surface area contributed by atoms with Crippen molar-refractivity contribution in [2.75, 3.05) is 7.11 Å². The molecule has 0 spiro atoms. The SMILES string of the molecule is COC(=O)c1ccc(/C=C2\Oc3c(ccc4c3[C@H](c3ccccc3)CC(=O)O4)C2=O)cc1. The van der Waals surface area contributed by atoms with E-state index in [0.29, 0.717) is 33.8 Å². The zero-order valence-corrected chi connectivity index (χ0v) is 17.2. The molecule has 0 amide bonds. The summed E-state index contributed by atoms with van der Waals surface area (Å²) in [5, 5.41) is 0. The van der Waals surface area contributed by atoms with Crippen LogP contribution in [0, 0.1) is 0 Å². The second-order valence-corrected chi connectivity index (χ2v) is 7.55. The van der Waals surface area contributed by atoms with Gasteiger partial charge in [-0.25, -0.2) is 4.79 Å². The molecule has 0 saturated carbocycles. The number of hydrogen-bond donors (Lipinski definition) is 0. The van der Waals surface area contributed by atoms with Crippen molar-refractivity contribution in [3.8, 4) is 11.5 Å². The highest BCUT2D eigenvalue weighted by Gasteiger charge is 2.38. The Bertz CT molecular complexity index is 1270. The van der Waals surface area contributed by atoms with Crippen molar-refractivity contribution in [2.24, 2.45) is 0 Å². The largest absolute Gasteiger partial charge is 0.465 e. The highest BCUT2D eigenvalue weighted by Crippen LogP contribution is 2.48. The maximum atomic E-state index is 13.0. The van der Waals surface area contributed by atoms with Crippen molar-refractivity contribution in [2.45, 2.75) is 12.3 Å². The first-order chi connectivity index (χ1) is 15.5. The monoisotopic (exact) mass is 426 g/mol. The van der Waals surface area contributed by atoms with E-state index >= 15 is 0 Å². The first-order valence-corrected chi connectivity index (χ1v) is 10.1. The minimum absolute atomic E-state index is 0.166. The van der Waals surface area contributed by atoms with Crippen molar-refractivity contribution < 1.29 is 28.6 Å². The van der Waals surface area contributed by atoms with Crippen molar-refractivity contribution in [1.29, 1.82) is 0 Å². The normalized spacial score (nSPS) is 17.9. The summed E-state index contributed by atoms with van der Waals surface area (Å²) in [7, 11) is 1.32. The average molecular weight is 426 g/mol. The zero-order chi connectivity index (χ0) is 22.2. The molecule has 0 radical (unpaired) electrons. The van der Waals surface area contributed by atoms with E-state index in [2.05, 4.69) is 0 Å². The number of hydrogen-bond acceptors (Lipinski definition) is 6. The van der Waals surface area contributed by atoms with Gasteiger partial charge in [0.2, 0.25) is 5.78 Å². The Hall–Kier alpha value is -4.19. The van der Waals surface area contributed by atoms with E-state index in [4.69, 9.17) is 14.2 Å². The molecule has 6 heteroatoms. The van der Waals surface area contributed by atoms with Gasteiger partial charge in [-0.3, -0.25) is 9.59 Å². The van der Waals surface area contributed by atoms with Crippen LogP contribution in [-0.4, -0.2) is 24.8 Å². The van der Waals surface area contributed by atoms with E-state index in [1.54, 1.807) is 42.5 Å². The molecule has 158 valence electrons. The lowest BCUT2D eigenvalue weighted by atomic mass is 9.85. The molecule has 3 aromatic rings. The second kappa shape index (κ2) is 7.81. The number of esters is 2. The van der Waals surface area contributed by atoms with Crippen LogP contribution in [0.25, 0.3) is 6.08 Å². The molecule has 0 aromatic heterocycles. The topological polar surface area (TPSA) is 78.9 Å². The number of carbonyl (C=O) groups excluding carboxylic acids is 3. The minimum Gasteiger partial charge on any atom is -0.465 e. The van der Waals surface area contributed by atoms with Crippen LogP contribution in [-0.2, 0) is 9.53 Å². The van der Waals surface area contributed by atoms with Gasteiger partial charge in [0.05, 0.1) is 24.7 Å². The molecule has 0 N–H and O–H groups in total. The van der Waals surface area contributed by atoms with Crippen LogP contribution in [0.3, 0.4) is 0 Å². The molecule has 0 aliphatic carbocycles. The van der Waals surface area contributed by atoms with Crippen LogP contribution in [0.4, 0.5) is 0 Å². The lowest BCUT2D eigenvalue weighted by molar-refractivity contribution is -0.135. The Morgan fingerprint density at radius 1 is 0.969 bits per heavy atom. The maximum absolute atomic E-state index is 13.0. The van der Waals surface area contributed by atoms with Crippen LogP contribution in [0.5, 0.6) is 11.5 Å². The standard InChI is InChI=1S/C26H18O6/c1-30-26(29)17-9-7-15(8-10-17)13-21-24(28)18-11-12-20-23(25(18)32-21)19(14-22(27)31-20)16-5-3-2-4-6-16/h2-13,19H,14H2,1H3/b21-13-/t19-/m0/s1. The lowest BCUT2D eigenvalue weighted by Crippen LogP contribution is -2.21. The average Bonchev–Trinajstić information content (AvgIpc) is 3.14. The number of ether oxygens (including phenoxy) is 3. The van der Waals surface area contributed by atoms with Gasteiger partial charge in [0, 0.05) is 11.5 Å². The van der Waals surface area contributed by atoms with Gasteiger partial charge in [-0.05, 0) is 41.5 Å². The summed E-state index contributed by atoms with van der Waals surface area (Å²) in [5.41, 5.74) is 3.20. The summed E-state index contributed by atoms with van der Waals surface area (Å²) in [6, 6.07) is 19.6. The molecule has 2 aliphatic heterocycles. The van der Waals surface area contributed by atoms with Crippen molar-refractivity contribution in [1.82, 2.24) is 0 Å². The number of carbonyl (C=O) groups is 3. The van der Waals surface area contributed by atoms with Gasteiger partial charge in [0.25, 0.3) is 0 Å². The Kier molecular flexibility index (Phi) is 4.82. The highest BCUT2D eigenvalue weighted by molar-refractivity contribution is 6.15. The van der Waals surface area contributed by atoms with Crippen LogP contribution in [0.2, 0.25) is 0 Å². The van der Waals surface area contributed by atoms with E-state index in [1.165, 1.54) is 7.11 Å². The van der Waals surface area contributed by atoms with Crippen molar-refractivity contribution in [3.05, 3.63) is 100 Å².